The van der Waals surface area contributed by atoms with E-state index in [4.69, 9.17) is 4.74 Å². The standard InChI is InChI=1S/C28H51N4O6P/c1-16(2)14-18-12-13-32(25(36)22(27(3,4)5)30-26(37)38-28(6,7)8)20(18)23(34)29-19(15-17-10-9-11-17)21(33)24(35)31-39/h16-22,33H,9-15,39H2,1-8H3,(H,29,34)(H,30,37)(H,31,35)/t18-,19?,20+,21?,22-/m1/s1. The number of likely N-dealkylation sites (tertiary alicyclic amines) is 1. The zero-order valence-corrected chi connectivity index (χ0v) is 26.2. The van der Waals surface area contributed by atoms with Gasteiger partial charge in [0.05, 0.1) is 6.04 Å². The molecule has 1 saturated heterocycles. The summed E-state index contributed by atoms with van der Waals surface area (Å²) in [7, 11) is 2.09. The summed E-state index contributed by atoms with van der Waals surface area (Å²) in [5.74, 6) is -0.767. The molecule has 0 aromatic rings. The lowest BCUT2D eigenvalue weighted by Crippen LogP contribution is -2.60. The highest BCUT2D eigenvalue weighted by Gasteiger charge is 2.47. The van der Waals surface area contributed by atoms with Gasteiger partial charge in [-0.3, -0.25) is 14.4 Å². The third-order valence-electron chi connectivity index (χ3n) is 7.55. The van der Waals surface area contributed by atoms with Gasteiger partial charge in [-0.05, 0) is 72.6 Å². The Hall–Kier alpha value is -1.93. The van der Waals surface area contributed by atoms with Crippen molar-refractivity contribution in [3.05, 3.63) is 0 Å². The van der Waals surface area contributed by atoms with Crippen molar-refractivity contribution in [2.75, 3.05) is 6.54 Å². The van der Waals surface area contributed by atoms with Crippen LogP contribution in [-0.2, 0) is 19.1 Å². The van der Waals surface area contributed by atoms with Gasteiger partial charge in [0.15, 0.2) is 6.10 Å². The summed E-state index contributed by atoms with van der Waals surface area (Å²) < 4.78 is 5.42. The fourth-order valence-electron chi connectivity index (χ4n) is 5.44. The number of hydrogen-bond acceptors (Lipinski definition) is 6. The molecule has 0 bridgehead atoms. The minimum atomic E-state index is -1.41. The Bertz CT molecular complexity index is 880. The molecule has 6 atom stereocenters. The van der Waals surface area contributed by atoms with Gasteiger partial charge in [-0.1, -0.05) is 53.9 Å². The number of nitrogens with zero attached hydrogens (tertiary/aromatic N) is 1. The smallest absolute Gasteiger partial charge is 0.408 e. The number of rotatable bonds is 10. The van der Waals surface area contributed by atoms with E-state index in [0.29, 0.717) is 31.2 Å². The van der Waals surface area contributed by atoms with E-state index < -0.39 is 47.2 Å². The highest BCUT2D eigenvalue weighted by atomic mass is 31.0. The van der Waals surface area contributed by atoms with E-state index in [0.717, 1.165) is 25.7 Å². The maximum Gasteiger partial charge on any atom is 0.408 e. The van der Waals surface area contributed by atoms with Gasteiger partial charge < -0.3 is 30.5 Å². The van der Waals surface area contributed by atoms with Crippen molar-refractivity contribution < 1.29 is 29.0 Å². The number of amides is 4. The number of hydrogen-bond donors (Lipinski definition) is 4. The number of alkyl carbamates (subject to hydrolysis) is 1. The summed E-state index contributed by atoms with van der Waals surface area (Å²) in [5.41, 5.74) is -1.38. The Morgan fingerprint density at radius 3 is 2.08 bits per heavy atom. The molecule has 0 aromatic heterocycles. The maximum absolute atomic E-state index is 14.0. The lowest BCUT2D eigenvalue weighted by molar-refractivity contribution is -0.144. The molecule has 1 saturated carbocycles. The highest BCUT2D eigenvalue weighted by Crippen LogP contribution is 2.34. The molecule has 1 aliphatic carbocycles. The number of aliphatic hydroxyl groups is 1. The first kappa shape index (κ1) is 33.3. The summed E-state index contributed by atoms with van der Waals surface area (Å²) in [6.07, 6.45) is 2.86. The van der Waals surface area contributed by atoms with Gasteiger partial charge in [-0.25, -0.2) is 4.79 Å². The second-order valence-corrected chi connectivity index (χ2v) is 14.0. The van der Waals surface area contributed by atoms with E-state index in [2.05, 4.69) is 39.0 Å². The molecule has 2 fully saturated rings. The SMILES string of the molecule is CC(C)C[C@H]1CCN(C(=O)[C@@H](NC(=O)OC(C)(C)C)C(C)(C)C)[C@@H]1C(=O)NC(CC1CCC1)C(O)C(=O)NP. The second-order valence-electron chi connectivity index (χ2n) is 13.7. The number of carbonyl (C=O) groups is 4. The van der Waals surface area contributed by atoms with Gasteiger partial charge in [0, 0.05) is 6.54 Å². The zero-order valence-electron chi connectivity index (χ0n) is 25.0. The molecule has 10 nitrogen and oxygen atoms in total. The summed E-state index contributed by atoms with van der Waals surface area (Å²) in [4.78, 5) is 54.4. The molecule has 39 heavy (non-hydrogen) atoms. The van der Waals surface area contributed by atoms with Gasteiger partial charge in [-0.15, -0.1) is 0 Å². The van der Waals surface area contributed by atoms with Crippen molar-refractivity contribution in [2.24, 2.45) is 23.2 Å². The fraction of sp³-hybridized carbons (Fsp3) is 0.857. The number of nitrogens with one attached hydrogen (secondary N) is 3. The normalized spacial score (nSPS) is 22.5. The summed E-state index contributed by atoms with van der Waals surface area (Å²) in [5, 5.41) is 18.8. The van der Waals surface area contributed by atoms with Crippen LogP contribution < -0.4 is 15.7 Å². The highest BCUT2D eigenvalue weighted by molar-refractivity contribution is 7.15. The van der Waals surface area contributed by atoms with E-state index in [-0.39, 0.29) is 17.7 Å². The summed E-state index contributed by atoms with van der Waals surface area (Å²) >= 11 is 0. The maximum atomic E-state index is 14.0. The topological polar surface area (TPSA) is 137 Å². The number of ether oxygens (including phenoxy) is 1. The predicted octanol–water partition coefficient (Wildman–Crippen LogP) is 3.13. The van der Waals surface area contributed by atoms with Crippen LogP contribution >= 0.6 is 9.39 Å². The van der Waals surface area contributed by atoms with Crippen LogP contribution in [0.1, 0.15) is 93.9 Å². The van der Waals surface area contributed by atoms with Crippen molar-refractivity contribution in [2.45, 2.75) is 124 Å². The first-order chi connectivity index (χ1) is 17.9. The second kappa shape index (κ2) is 13.6. The first-order valence-corrected chi connectivity index (χ1v) is 14.8. The van der Waals surface area contributed by atoms with Crippen molar-refractivity contribution in [1.29, 1.82) is 0 Å². The minimum Gasteiger partial charge on any atom is -0.444 e. The van der Waals surface area contributed by atoms with Crippen molar-refractivity contribution in [1.82, 2.24) is 20.6 Å². The van der Waals surface area contributed by atoms with Gasteiger partial charge in [-0.2, -0.15) is 0 Å². The van der Waals surface area contributed by atoms with Gasteiger partial charge >= 0.3 is 6.09 Å². The third-order valence-corrected chi connectivity index (χ3v) is 7.84. The van der Waals surface area contributed by atoms with Crippen LogP contribution in [0.3, 0.4) is 0 Å². The average Bonchev–Trinajstić information content (AvgIpc) is 3.18. The summed E-state index contributed by atoms with van der Waals surface area (Å²) in [6, 6.07) is -2.46. The van der Waals surface area contributed by atoms with Crippen molar-refractivity contribution in [3.8, 4) is 0 Å². The molecule has 4 N–H and O–H groups in total. The molecule has 2 rings (SSSR count). The number of aliphatic hydroxyl groups excluding tert-OH is 1. The van der Waals surface area contributed by atoms with Crippen molar-refractivity contribution in [3.63, 3.8) is 0 Å². The van der Waals surface area contributed by atoms with E-state index in [1.165, 1.54) is 0 Å². The first-order valence-electron chi connectivity index (χ1n) is 14.2. The van der Waals surface area contributed by atoms with E-state index in [9.17, 15) is 24.3 Å². The van der Waals surface area contributed by atoms with Crippen LogP contribution in [0, 0.1) is 23.2 Å². The molecule has 2 aliphatic rings. The Morgan fingerprint density at radius 2 is 1.62 bits per heavy atom. The molecule has 0 aromatic carbocycles. The third kappa shape index (κ3) is 9.59. The van der Waals surface area contributed by atoms with Crippen LogP contribution in [0.25, 0.3) is 0 Å². The zero-order chi connectivity index (χ0) is 29.7. The minimum absolute atomic E-state index is 0.0897. The van der Waals surface area contributed by atoms with E-state index in [1.807, 2.05) is 20.8 Å². The average molecular weight is 571 g/mol. The Balaban J connectivity index is 2.34. The lowest BCUT2D eigenvalue weighted by Gasteiger charge is -2.38. The molecule has 1 heterocycles. The molecule has 3 unspecified atom stereocenters. The predicted molar refractivity (Wildman–Crippen MR) is 153 cm³/mol. The molecule has 0 radical (unpaired) electrons. The molecule has 11 heteroatoms. The van der Waals surface area contributed by atoms with Crippen LogP contribution in [-0.4, -0.2) is 70.2 Å². The Kier molecular flexibility index (Phi) is 11.6. The van der Waals surface area contributed by atoms with Crippen molar-refractivity contribution >= 4 is 33.2 Å². The van der Waals surface area contributed by atoms with Gasteiger partial charge in [0.25, 0.3) is 5.91 Å². The Labute approximate surface area is 236 Å². The van der Waals surface area contributed by atoms with Crippen LogP contribution in [0.5, 0.6) is 0 Å². The van der Waals surface area contributed by atoms with Crippen LogP contribution in [0.4, 0.5) is 4.79 Å². The molecular formula is C28H51N4O6P. The fourth-order valence-corrected chi connectivity index (χ4v) is 5.61. The van der Waals surface area contributed by atoms with E-state index >= 15 is 0 Å². The molecule has 224 valence electrons. The van der Waals surface area contributed by atoms with Crippen LogP contribution in [0.15, 0.2) is 0 Å². The monoisotopic (exact) mass is 570 g/mol. The van der Waals surface area contributed by atoms with Gasteiger partial charge in [0.1, 0.15) is 17.7 Å². The van der Waals surface area contributed by atoms with Crippen LogP contribution in [0.2, 0.25) is 0 Å². The Morgan fingerprint density at radius 1 is 1.00 bits per heavy atom. The van der Waals surface area contributed by atoms with Gasteiger partial charge in [0.2, 0.25) is 11.8 Å². The lowest BCUT2D eigenvalue weighted by atomic mass is 9.79. The molecule has 0 spiro atoms. The molecule has 1 aliphatic heterocycles. The number of carbonyl (C=O) groups excluding carboxylic acids is 4. The molecule has 4 amide bonds. The summed E-state index contributed by atoms with van der Waals surface area (Å²) in [6.45, 7) is 15.4. The largest absolute Gasteiger partial charge is 0.444 e. The van der Waals surface area contributed by atoms with E-state index in [1.54, 1.807) is 25.7 Å². The quantitative estimate of drug-likeness (QED) is 0.298. The molecular weight excluding hydrogens is 519 g/mol.